The Morgan fingerprint density at radius 2 is 1.22 bits per heavy atom. The van der Waals surface area contributed by atoms with Crippen LogP contribution in [0.3, 0.4) is 0 Å². The monoisotopic (exact) mass is 544 g/mol. The molecule has 2 atom stereocenters. The molecule has 0 aliphatic rings. The lowest BCUT2D eigenvalue weighted by atomic mass is 10.1. The van der Waals surface area contributed by atoms with Gasteiger partial charge in [-0.05, 0) is 42.5 Å². The zero-order valence-corrected chi connectivity index (χ0v) is 20.2. The lowest BCUT2D eigenvalue weighted by Crippen LogP contribution is -2.54. The molecule has 0 saturated heterocycles. The molecule has 0 saturated carbocycles. The topological polar surface area (TPSA) is 148 Å². The van der Waals surface area contributed by atoms with Crippen LogP contribution >= 0.6 is 23.2 Å². The number of nitrogens with one attached hydrogen (secondary N) is 2. The highest BCUT2D eigenvalue weighted by Gasteiger charge is 2.41. The number of carboxylic acids is 1. The number of esters is 2. The molecule has 0 bridgehead atoms. The van der Waals surface area contributed by atoms with E-state index >= 15 is 0 Å². The SMILES string of the molecule is O=C(O[C@@H](C(=O)O)[C@@H](OC(=O)c1ccccc1)C(=O)NNC(=O)c1ccc(Cl)cc1Cl)c1ccccc1. The minimum absolute atomic E-state index is 0.00388. The van der Waals surface area contributed by atoms with E-state index in [1.54, 1.807) is 12.1 Å². The second-order valence-electron chi connectivity index (χ2n) is 7.29. The van der Waals surface area contributed by atoms with Gasteiger partial charge in [-0.1, -0.05) is 59.6 Å². The van der Waals surface area contributed by atoms with E-state index in [1.807, 2.05) is 10.9 Å². The van der Waals surface area contributed by atoms with Gasteiger partial charge in [0.15, 0.2) is 0 Å². The van der Waals surface area contributed by atoms with Crippen molar-refractivity contribution in [1.82, 2.24) is 10.9 Å². The van der Waals surface area contributed by atoms with Gasteiger partial charge in [0, 0.05) is 5.02 Å². The molecule has 0 aromatic heterocycles. The lowest BCUT2D eigenvalue weighted by molar-refractivity contribution is -0.159. The highest BCUT2D eigenvalue weighted by Crippen LogP contribution is 2.20. The Hall–Kier alpha value is -4.41. The third-order valence-corrected chi connectivity index (χ3v) is 5.29. The molecule has 3 rings (SSSR count). The smallest absolute Gasteiger partial charge is 0.349 e. The van der Waals surface area contributed by atoms with Crippen LogP contribution in [0.5, 0.6) is 0 Å². The summed E-state index contributed by atoms with van der Waals surface area (Å²) < 4.78 is 10.1. The first kappa shape index (κ1) is 27.2. The van der Waals surface area contributed by atoms with Crippen molar-refractivity contribution in [2.24, 2.45) is 0 Å². The Morgan fingerprint density at radius 3 is 1.70 bits per heavy atom. The van der Waals surface area contributed by atoms with E-state index in [4.69, 9.17) is 32.7 Å². The summed E-state index contributed by atoms with van der Waals surface area (Å²) in [7, 11) is 0. The zero-order valence-electron chi connectivity index (χ0n) is 18.7. The summed E-state index contributed by atoms with van der Waals surface area (Å²) in [6.07, 6.45) is -4.46. The minimum Gasteiger partial charge on any atom is -0.478 e. The Morgan fingerprint density at radius 1 is 0.703 bits per heavy atom. The largest absolute Gasteiger partial charge is 0.478 e. The molecule has 0 heterocycles. The van der Waals surface area contributed by atoms with Crippen LogP contribution in [-0.4, -0.2) is 47.0 Å². The number of rotatable bonds is 8. The summed E-state index contributed by atoms with van der Waals surface area (Å²) in [4.78, 5) is 62.5. The van der Waals surface area contributed by atoms with Crippen LogP contribution in [0.1, 0.15) is 31.1 Å². The second-order valence-corrected chi connectivity index (χ2v) is 8.13. The van der Waals surface area contributed by atoms with Crippen molar-refractivity contribution in [3.8, 4) is 0 Å². The number of ether oxygens (including phenoxy) is 2. The lowest BCUT2D eigenvalue weighted by Gasteiger charge is -2.23. The van der Waals surface area contributed by atoms with E-state index in [1.165, 1.54) is 66.7 Å². The molecule has 12 heteroatoms. The maximum atomic E-state index is 12.9. The molecule has 3 aromatic rings. The number of hydrogen-bond donors (Lipinski definition) is 3. The van der Waals surface area contributed by atoms with Gasteiger partial charge in [-0.15, -0.1) is 0 Å². The summed E-state index contributed by atoms with van der Waals surface area (Å²) in [5.41, 5.74) is 3.94. The predicted molar refractivity (Wildman–Crippen MR) is 131 cm³/mol. The number of carboxylic acid groups (broad SMARTS) is 1. The summed E-state index contributed by atoms with van der Waals surface area (Å²) >= 11 is 11.8. The highest BCUT2D eigenvalue weighted by molar-refractivity contribution is 6.36. The Kier molecular flexibility index (Phi) is 9.20. The van der Waals surface area contributed by atoms with Crippen molar-refractivity contribution < 1.29 is 38.6 Å². The van der Waals surface area contributed by atoms with E-state index in [2.05, 4.69) is 0 Å². The normalized spacial score (nSPS) is 11.9. The third-order valence-electron chi connectivity index (χ3n) is 4.74. The highest BCUT2D eigenvalue weighted by atomic mass is 35.5. The first-order valence-electron chi connectivity index (χ1n) is 10.5. The van der Waals surface area contributed by atoms with Gasteiger partial charge >= 0.3 is 17.9 Å². The van der Waals surface area contributed by atoms with Gasteiger partial charge in [0.2, 0.25) is 12.2 Å². The molecule has 0 spiro atoms. The van der Waals surface area contributed by atoms with Crippen LogP contribution in [-0.2, 0) is 19.1 Å². The Bertz CT molecular complexity index is 1320. The van der Waals surface area contributed by atoms with E-state index in [0.29, 0.717) is 0 Å². The van der Waals surface area contributed by atoms with Crippen molar-refractivity contribution >= 4 is 52.9 Å². The van der Waals surface area contributed by atoms with Gasteiger partial charge in [-0.25, -0.2) is 14.4 Å². The summed E-state index contributed by atoms with van der Waals surface area (Å²) in [5.74, 6) is -6.11. The van der Waals surface area contributed by atoms with Crippen molar-refractivity contribution in [1.29, 1.82) is 0 Å². The standard InChI is InChI=1S/C25H18Cl2N2O8/c26-16-11-12-17(18(27)13-16)21(30)28-29-22(31)19(36-24(34)14-7-3-1-4-8-14)20(23(32)33)37-25(35)15-9-5-2-6-10-15/h1-13,19-20H,(H,28,30)(H,29,31)(H,32,33)/t19-,20-/m1/s1. The predicted octanol–water partition coefficient (Wildman–Crippen LogP) is 3.29. The van der Waals surface area contributed by atoms with Crippen LogP contribution in [0, 0.1) is 0 Å². The van der Waals surface area contributed by atoms with Crippen LogP contribution in [0.4, 0.5) is 0 Å². The fourth-order valence-corrected chi connectivity index (χ4v) is 3.43. The first-order chi connectivity index (χ1) is 17.7. The van der Waals surface area contributed by atoms with Gasteiger partial charge in [0.05, 0.1) is 21.7 Å². The van der Waals surface area contributed by atoms with Gasteiger partial charge < -0.3 is 14.6 Å². The molecule has 2 amide bonds. The number of hydrazine groups is 1. The van der Waals surface area contributed by atoms with Gasteiger partial charge in [-0.2, -0.15) is 0 Å². The van der Waals surface area contributed by atoms with E-state index in [-0.39, 0.29) is 26.7 Å². The Labute approximate surface area is 220 Å². The third kappa shape index (κ3) is 7.29. The number of carbonyl (C=O) groups excluding carboxylic acids is 4. The van der Waals surface area contributed by atoms with Crippen LogP contribution < -0.4 is 10.9 Å². The zero-order chi connectivity index (χ0) is 26.9. The summed E-state index contributed by atoms with van der Waals surface area (Å²) in [5, 5.41) is 9.97. The molecule has 0 fully saturated rings. The Balaban J connectivity index is 1.83. The van der Waals surface area contributed by atoms with Crippen LogP contribution in [0.25, 0.3) is 0 Å². The number of amides is 2. The molecule has 37 heavy (non-hydrogen) atoms. The quantitative estimate of drug-likeness (QED) is 0.289. The molecular formula is C25H18Cl2N2O8. The van der Waals surface area contributed by atoms with E-state index in [9.17, 15) is 29.1 Å². The minimum atomic E-state index is -2.27. The maximum Gasteiger partial charge on any atom is 0.349 e. The van der Waals surface area contributed by atoms with Crippen molar-refractivity contribution in [3.63, 3.8) is 0 Å². The molecular weight excluding hydrogens is 527 g/mol. The van der Waals surface area contributed by atoms with Gasteiger partial charge in [0.25, 0.3) is 11.8 Å². The molecule has 0 aliphatic heterocycles. The number of benzene rings is 3. The first-order valence-corrected chi connectivity index (χ1v) is 11.2. The molecule has 190 valence electrons. The summed E-state index contributed by atoms with van der Waals surface area (Å²) in [6.45, 7) is 0. The van der Waals surface area contributed by atoms with E-state index < -0.39 is 41.9 Å². The van der Waals surface area contributed by atoms with E-state index in [0.717, 1.165) is 0 Å². The maximum absolute atomic E-state index is 12.9. The summed E-state index contributed by atoms with van der Waals surface area (Å²) in [6, 6.07) is 18.8. The number of halogens is 2. The number of hydrogen-bond acceptors (Lipinski definition) is 7. The average Bonchev–Trinajstić information content (AvgIpc) is 2.89. The van der Waals surface area contributed by atoms with Gasteiger partial charge in [0.1, 0.15) is 0 Å². The molecule has 3 N–H and O–H groups in total. The molecule has 0 unspecified atom stereocenters. The fourth-order valence-electron chi connectivity index (χ4n) is 2.94. The fraction of sp³-hybridized carbons (Fsp3) is 0.0800. The second kappa shape index (κ2) is 12.5. The molecule has 3 aromatic carbocycles. The molecule has 0 radical (unpaired) electrons. The number of carbonyl (C=O) groups is 5. The number of aliphatic carboxylic acids is 1. The van der Waals surface area contributed by atoms with Crippen molar-refractivity contribution in [2.75, 3.05) is 0 Å². The van der Waals surface area contributed by atoms with Crippen molar-refractivity contribution in [2.45, 2.75) is 12.2 Å². The average molecular weight is 545 g/mol. The van der Waals surface area contributed by atoms with Crippen LogP contribution in [0.2, 0.25) is 10.0 Å². The van der Waals surface area contributed by atoms with Crippen LogP contribution in [0.15, 0.2) is 78.9 Å². The molecule has 0 aliphatic carbocycles. The van der Waals surface area contributed by atoms with Crippen molar-refractivity contribution in [3.05, 3.63) is 106 Å². The van der Waals surface area contributed by atoms with Gasteiger partial charge in [-0.3, -0.25) is 20.4 Å². The molecule has 10 nitrogen and oxygen atoms in total.